The molecule has 0 bridgehead atoms. The average molecular weight is 323 g/mol. The maximum absolute atomic E-state index is 12.2. The second-order valence-electron chi connectivity index (χ2n) is 5.83. The van der Waals surface area contributed by atoms with Gasteiger partial charge in [0.1, 0.15) is 6.26 Å². The number of carbonyl (C=O) groups excluding carboxylic acids is 1. The second-order valence-corrected chi connectivity index (χ2v) is 5.83. The highest BCUT2D eigenvalue weighted by molar-refractivity contribution is 5.90. The van der Waals surface area contributed by atoms with E-state index < -0.39 is 0 Å². The number of nitrogens with zero attached hydrogens (tertiary/aromatic N) is 2. The van der Waals surface area contributed by atoms with Crippen molar-refractivity contribution in [1.82, 2.24) is 20.5 Å². The van der Waals surface area contributed by atoms with Gasteiger partial charge in [0.05, 0.1) is 12.4 Å². The number of aromatic amines is 1. The van der Waals surface area contributed by atoms with Gasteiger partial charge in [-0.1, -0.05) is 6.07 Å². The maximum Gasteiger partial charge on any atom is 0.319 e. The largest absolute Gasteiger partial charge is 0.445 e. The number of fused-ring (bicyclic) bond motifs is 1. The number of rotatable bonds is 3. The Labute approximate surface area is 138 Å². The fraction of sp³-hybridized carbons (Fsp3) is 0.235. The van der Waals surface area contributed by atoms with Crippen molar-refractivity contribution in [2.75, 3.05) is 5.32 Å². The molecule has 1 atom stereocenters. The lowest BCUT2D eigenvalue weighted by Crippen LogP contribution is -2.41. The standard InChI is InChI=1S/C17H17N5O2/c23-17(21-14-4-5-15-12(9-14)10-19-22-15)20-13-3-1-2-11(8-13)16-18-6-7-24-16/h1-3,6-8,10,14H,4-5,9H2,(H,19,22)(H2,20,21,23)/t14-/m0/s1. The molecule has 7 heteroatoms. The number of amides is 2. The summed E-state index contributed by atoms with van der Waals surface area (Å²) >= 11 is 0. The molecule has 0 saturated heterocycles. The molecule has 1 aromatic carbocycles. The molecule has 0 saturated carbocycles. The number of carbonyl (C=O) groups is 1. The molecule has 2 aromatic heterocycles. The maximum atomic E-state index is 12.2. The van der Waals surface area contributed by atoms with Crippen LogP contribution in [0.2, 0.25) is 0 Å². The summed E-state index contributed by atoms with van der Waals surface area (Å²) in [6.07, 6.45) is 7.56. The summed E-state index contributed by atoms with van der Waals surface area (Å²) < 4.78 is 5.28. The zero-order chi connectivity index (χ0) is 16.4. The number of oxazole rings is 1. The lowest BCUT2D eigenvalue weighted by atomic mass is 9.94. The van der Waals surface area contributed by atoms with Crippen LogP contribution in [0.3, 0.4) is 0 Å². The van der Waals surface area contributed by atoms with Gasteiger partial charge in [0.25, 0.3) is 0 Å². The van der Waals surface area contributed by atoms with Crippen molar-refractivity contribution in [2.45, 2.75) is 25.3 Å². The van der Waals surface area contributed by atoms with Crippen molar-refractivity contribution in [3.63, 3.8) is 0 Å². The molecule has 3 aromatic rings. The summed E-state index contributed by atoms with van der Waals surface area (Å²) in [7, 11) is 0. The number of hydrogen-bond acceptors (Lipinski definition) is 4. The number of anilines is 1. The van der Waals surface area contributed by atoms with Crippen LogP contribution in [0.1, 0.15) is 17.7 Å². The van der Waals surface area contributed by atoms with Crippen LogP contribution in [0.15, 0.2) is 47.3 Å². The third-order valence-electron chi connectivity index (χ3n) is 4.15. The third kappa shape index (κ3) is 3.01. The van der Waals surface area contributed by atoms with E-state index in [1.807, 2.05) is 30.5 Å². The van der Waals surface area contributed by atoms with Crippen molar-refractivity contribution in [1.29, 1.82) is 0 Å². The highest BCUT2D eigenvalue weighted by Crippen LogP contribution is 2.21. The Morgan fingerprint density at radius 3 is 3.21 bits per heavy atom. The number of aromatic nitrogens is 3. The van der Waals surface area contributed by atoms with Gasteiger partial charge in [-0.2, -0.15) is 5.10 Å². The van der Waals surface area contributed by atoms with Crippen molar-refractivity contribution < 1.29 is 9.21 Å². The highest BCUT2D eigenvalue weighted by Gasteiger charge is 2.21. The summed E-state index contributed by atoms with van der Waals surface area (Å²) in [6, 6.07) is 7.31. The van der Waals surface area contributed by atoms with Crippen LogP contribution in [0.25, 0.3) is 11.5 Å². The van der Waals surface area contributed by atoms with Crippen LogP contribution in [0.5, 0.6) is 0 Å². The van der Waals surface area contributed by atoms with Crippen molar-refractivity contribution in [3.8, 4) is 11.5 Å². The third-order valence-corrected chi connectivity index (χ3v) is 4.15. The van der Waals surface area contributed by atoms with E-state index >= 15 is 0 Å². The van der Waals surface area contributed by atoms with Gasteiger partial charge in [-0.25, -0.2) is 9.78 Å². The first kappa shape index (κ1) is 14.5. The van der Waals surface area contributed by atoms with Gasteiger partial charge in [-0.3, -0.25) is 5.10 Å². The fourth-order valence-electron chi connectivity index (χ4n) is 2.99. The van der Waals surface area contributed by atoms with E-state index in [0.29, 0.717) is 11.6 Å². The van der Waals surface area contributed by atoms with Crippen LogP contribution in [-0.4, -0.2) is 27.3 Å². The number of nitrogens with one attached hydrogen (secondary N) is 3. The minimum absolute atomic E-state index is 0.116. The second kappa shape index (κ2) is 6.19. The molecule has 1 aliphatic carbocycles. The van der Waals surface area contributed by atoms with E-state index in [-0.39, 0.29) is 12.1 Å². The molecule has 2 heterocycles. The Balaban J connectivity index is 1.39. The monoisotopic (exact) mass is 323 g/mol. The van der Waals surface area contributed by atoms with Gasteiger partial charge in [0, 0.05) is 23.0 Å². The van der Waals surface area contributed by atoms with Crippen LogP contribution >= 0.6 is 0 Å². The van der Waals surface area contributed by atoms with E-state index in [0.717, 1.165) is 24.8 Å². The quantitative estimate of drug-likeness (QED) is 0.690. The molecule has 2 amide bonds. The Morgan fingerprint density at radius 2 is 2.33 bits per heavy atom. The number of H-pyrrole nitrogens is 1. The molecule has 3 N–H and O–H groups in total. The van der Waals surface area contributed by atoms with Gasteiger partial charge in [0.15, 0.2) is 0 Å². The smallest absolute Gasteiger partial charge is 0.319 e. The van der Waals surface area contributed by atoms with Gasteiger partial charge < -0.3 is 15.1 Å². The number of benzene rings is 1. The Morgan fingerprint density at radius 1 is 1.38 bits per heavy atom. The molecular formula is C17H17N5O2. The summed E-state index contributed by atoms with van der Waals surface area (Å²) in [6.45, 7) is 0. The van der Waals surface area contributed by atoms with Crippen LogP contribution in [0, 0.1) is 0 Å². The van der Waals surface area contributed by atoms with Crippen molar-refractivity contribution in [2.24, 2.45) is 0 Å². The molecule has 0 spiro atoms. The van der Waals surface area contributed by atoms with E-state index in [1.54, 1.807) is 6.20 Å². The van der Waals surface area contributed by atoms with Crippen LogP contribution in [-0.2, 0) is 12.8 Å². The molecular weight excluding hydrogens is 306 g/mol. The first-order valence-corrected chi connectivity index (χ1v) is 7.86. The molecule has 0 aliphatic heterocycles. The average Bonchev–Trinajstić information content (AvgIpc) is 3.26. The molecule has 7 nitrogen and oxygen atoms in total. The van der Waals surface area contributed by atoms with Crippen molar-refractivity contribution in [3.05, 3.63) is 54.2 Å². The lowest BCUT2D eigenvalue weighted by Gasteiger charge is -2.23. The number of hydrogen-bond donors (Lipinski definition) is 3. The summed E-state index contributed by atoms with van der Waals surface area (Å²) in [5, 5.41) is 12.9. The molecule has 1 aliphatic rings. The first-order chi connectivity index (χ1) is 11.8. The molecule has 0 radical (unpaired) electrons. The minimum Gasteiger partial charge on any atom is -0.445 e. The van der Waals surface area contributed by atoms with E-state index in [2.05, 4.69) is 25.8 Å². The zero-order valence-corrected chi connectivity index (χ0v) is 13.0. The number of urea groups is 1. The van der Waals surface area contributed by atoms with E-state index in [1.165, 1.54) is 17.5 Å². The van der Waals surface area contributed by atoms with Gasteiger partial charge >= 0.3 is 6.03 Å². The van der Waals surface area contributed by atoms with E-state index in [4.69, 9.17) is 4.42 Å². The summed E-state index contributed by atoms with van der Waals surface area (Å²) in [4.78, 5) is 16.4. The molecule has 122 valence electrons. The predicted octanol–water partition coefficient (Wildman–Crippen LogP) is 2.74. The molecule has 0 unspecified atom stereocenters. The Kier molecular flexibility index (Phi) is 3.74. The number of aryl methyl sites for hydroxylation is 1. The van der Waals surface area contributed by atoms with Crippen molar-refractivity contribution >= 4 is 11.7 Å². The molecule has 4 rings (SSSR count). The SMILES string of the molecule is O=C(Nc1cccc(-c2ncco2)c1)N[C@H]1CCc2[nH]ncc2C1. The fourth-order valence-corrected chi connectivity index (χ4v) is 2.99. The predicted molar refractivity (Wildman–Crippen MR) is 88.5 cm³/mol. The zero-order valence-electron chi connectivity index (χ0n) is 13.0. The Bertz CT molecular complexity index is 840. The summed E-state index contributed by atoms with van der Waals surface area (Å²) in [5.41, 5.74) is 3.87. The van der Waals surface area contributed by atoms with Gasteiger partial charge in [-0.15, -0.1) is 0 Å². The first-order valence-electron chi connectivity index (χ1n) is 7.86. The van der Waals surface area contributed by atoms with Gasteiger partial charge in [-0.05, 0) is 43.0 Å². The highest BCUT2D eigenvalue weighted by atomic mass is 16.3. The molecule has 0 fully saturated rings. The summed E-state index contributed by atoms with van der Waals surface area (Å²) in [5.74, 6) is 0.527. The minimum atomic E-state index is -0.212. The van der Waals surface area contributed by atoms with Crippen LogP contribution in [0.4, 0.5) is 10.5 Å². The Hall–Kier alpha value is -3.09. The van der Waals surface area contributed by atoms with Crippen LogP contribution < -0.4 is 10.6 Å². The normalized spacial score (nSPS) is 16.4. The van der Waals surface area contributed by atoms with Gasteiger partial charge in [0.2, 0.25) is 5.89 Å². The lowest BCUT2D eigenvalue weighted by molar-refractivity contribution is 0.247. The van der Waals surface area contributed by atoms with E-state index in [9.17, 15) is 4.79 Å². The molecule has 24 heavy (non-hydrogen) atoms. The topological polar surface area (TPSA) is 95.8 Å².